The predicted octanol–water partition coefficient (Wildman–Crippen LogP) is 4.33. The monoisotopic (exact) mass is 372 g/mol. The first kappa shape index (κ1) is 17.3. The maximum atomic E-state index is 12.9. The first-order valence-corrected chi connectivity index (χ1v) is 9.77. The van der Waals surface area contributed by atoms with Gasteiger partial charge in [0.1, 0.15) is 11.5 Å². The highest BCUT2D eigenvalue weighted by atomic mass is 16.5. The van der Waals surface area contributed by atoms with Crippen molar-refractivity contribution >= 4 is 16.7 Å². The minimum Gasteiger partial charge on any atom is -0.457 e. The first-order chi connectivity index (χ1) is 13.5. The highest BCUT2D eigenvalue weighted by Crippen LogP contribution is 2.39. The molecule has 1 spiro atoms. The molecule has 0 unspecified atom stereocenters. The Balaban J connectivity index is 1.36. The average Bonchev–Trinajstić information content (AvgIpc) is 2.64. The van der Waals surface area contributed by atoms with Gasteiger partial charge in [-0.15, -0.1) is 0 Å². The van der Waals surface area contributed by atoms with Gasteiger partial charge in [-0.3, -0.25) is 4.79 Å². The quantitative estimate of drug-likeness (QED) is 0.686. The van der Waals surface area contributed by atoms with Gasteiger partial charge >= 0.3 is 0 Å². The van der Waals surface area contributed by atoms with E-state index in [4.69, 9.17) is 4.74 Å². The molecule has 2 saturated heterocycles. The summed E-state index contributed by atoms with van der Waals surface area (Å²) in [5.74, 6) is 1.75. The van der Waals surface area contributed by atoms with Gasteiger partial charge in [0, 0.05) is 42.5 Å². The summed E-state index contributed by atoms with van der Waals surface area (Å²) in [7, 11) is 2.13. The SMILES string of the molecule is Cc1ccc(Oc2cccc3cc(C(=O)N4CC5(CN(C)C5)C4)ccc23)cc1. The van der Waals surface area contributed by atoms with Crippen molar-refractivity contribution < 1.29 is 9.53 Å². The van der Waals surface area contributed by atoms with Gasteiger partial charge in [-0.25, -0.2) is 0 Å². The molecule has 0 radical (unpaired) electrons. The zero-order valence-electron chi connectivity index (χ0n) is 16.3. The normalized spacial score (nSPS) is 18.0. The lowest BCUT2D eigenvalue weighted by molar-refractivity contribution is -0.0871. The maximum Gasteiger partial charge on any atom is 0.253 e. The Kier molecular flexibility index (Phi) is 3.91. The summed E-state index contributed by atoms with van der Waals surface area (Å²) in [6.07, 6.45) is 0. The van der Waals surface area contributed by atoms with Crippen LogP contribution < -0.4 is 4.74 Å². The van der Waals surface area contributed by atoms with Crippen LogP contribution in [0.3, 0.4) is 0 Å². The summed E-state index contributed by atoms with van der Waals surface area (Å²) in [5.41, 5.74) is 2.31. The predicted molar refractivity (Wildman–Crippen MR) is 111 cm³/mol. The number of amides is 1. The number of rotatable bonds is 3. The van der Waals surface area contributed by atoms with Crippen LogP contribution in [0, 0.1) is 12.3 Å². The van der Waals surface area contributed by atoms with E-state index < -0.39 is 0 Å². The number of hydrogen-bond donors (Lipinski definition) is 0. The van der Waals surface area contributed by atoms with Crippen LogP contribution in [-0.2, 0) is 0 Å². The van der Waals surface area contributed by atoms with E-state index in [1.54, 1.807) is 0 Å². The van der Waals surface area contributed by atoms with E-state index >= 15 is 0 Å². The van der Waals surface area contributed by atoms with Gasteiger partial charge in [-0.1, -0.05) is 29.8 Å². The Hall–Kier alpha value is -2.85. The second-order valence-electron chi connectivity index (χ2n) is 8.44. The van der Waals surface area contributed by atoms with Gasteiger partial charge in [0.15, 0.2) is 0 Å². The molecule has 2 heterocycles. The smallest absolute Gasteiger partial charge is 0.253 e. The minimum atomic E-state index is 0.131. The molecule has 3 aromatic rings. The zero-order valence-corrected chi connectivity index (χ0v) is 16.3. The van der Waals surface area contributed by atoms with Crippen LogP contribution in [0.25, 0.3) is 10.8 Å². The summed E-state index contributed by atoms with van der Waals surface area (Å²) in [6.45, 7) is 6.03. The number of carbonyl (C=O) groups excluding carboxylic acids is 1. The maximum absolute atomic E-state index is 12.9. The van der Waals surface area contributed by atoms with Crippen LogP contribution >= 0.6 is 0 Å². The summed E-state index contributed by atoms with van der Waals surface area (Å²) in [4.78, 5) is 17.2. The third-order valence-corrected chi connectivity index (χ3v) is 5.89. The molecule has 2 aliphatic heterocycles. The van der Waals surface area contributed by atoms with E-state index in [1.165, 1.54) is 5.56 Å². The van der Waals surface area contributed by atoms with Gasteiger partial charge < -0.3 is 14.5 Å². The average molecular weight is 372 g/mol. The number of likely N-dealkylation sites (tertiary alicyclic amines) is 2. The Bertz CT molecular complexity index is 1040. The second kappa shape index (κ2) is 6.35. The van der Waals surface area contributed by atoms with Crippen molar-refractivity contribution in [3.8, 4) is 11.5 Å². The molecule has 0 aromatic heterocycles. The van der Waals surface area contributed by atoms with Crippen molar-refractivity contribution in [3.63, 3.8) is 0 Å². The van der Waals surface area contributed by atoms with E-state index in [-0.39, 0.29) is 5.91 Å². The number of carbonyl (C=O) groups is 1. The number of nitrogens with zero attached hydrogens (tertiary/aromatic N) is 2. The molecule has 28 heavy (non-hydrogen) atoms. The highest BCUT2D eigenvalue weighted by molar-refractivity contribution is 6.00. The summed E-state index contributed by atoms with van der Waals surface area (Å²) >= 11 is 0. The molecule has 2 fully saturated rings. The Morgan fingerprint density at radius 3 is 2.43 bits per heavy atom. The highest BCUT2D eigenvalue weighted by Gasteiger charge is 2.51. The molecule has 0 saturated carbocycles. The van der Waals surface area contributed by atoms with Crippen LogP contribution in [0.4, 0.5) is 0 Å². The first-order valence-electron chi connectivity index (χ1n) is 9.77. The summed E-state index contributed by atoms with van der Waals surface area (Å²) in [5, 5.41) is 2.04. The van der Waals surface area contributed by atoms with Gasteiger partial charge in [0.05, 0.1) is 0 Å². The molecule has 142 valence electrons. The molecule has 2 aliphatic rings. The van der Waals surface area contributed by atoms with Crippen LogP contribution in [0.15, 0.2) is 60.7 Å². The third kappa shape index (κ3) is 2.94. The van der Waals surface area contributed by atoms with E-state index in [0.717, 1.165) is 54.0 Å². The van der Waals surface area contributed by atoms with Crippen LogP contribution in [0.2, 0.25) is 0 Å². The fraction of sp³-hybridized carbons (Fsp3) is 0.292. The fourth-order valence-corrected chi connectivity index (χ4v) is 4.60. The molecular weight excluding hydrogens is 348 g/mol. The van der Waals surface area contributed by atoms with Gasteiger partial charge in [-0.05, 0) is 55.8 Å². The van der Waals surface area contributed by atoms with Crippen LogP contribution in [-0.4, -0.2) is 48.9 Å². The van der Waals surface area contributed by atoms with E-state index in [9.17, 15) is 4.79 Å². The van der Waals surface area contributed by atoms with E-state index in [2.05, 4.69) is 18.9 Å². The van der Waals surface area contributed by atoms with E-state index in [0.29, 0.717) is 5.41 Å². The second-order valence-corrected chi connectivity index (χ2v) is 8.44. The number of aryl methyl sites for hydroxylation is 1. The third-order valence-electron chi connectivity index (χ3n) is 5.89. The van der Waals surface area contributed by atoms with E-state index in [1.807, 2.05) is 65.6 Å². The lowest BCUT2D eigenvalue weighted by Crippen LogP contribution is -2.71. The molecule has 0 N–H and O–H groups in total. The number of benzene rings is 3. The topological polar surface area (TPSA) is 32.8 Å². The van der Waals surface area contributed by atoms with Gasteiger partial charge in [0.2, 0.25) is 0 Å². The summed E-state index contributed by atoms with van der Waals surface area (Å²) < 4.78 is 6.09. The number of hydrogen-bond acceptors (Lipinski definition) is 3. The fourth-order valence-electron chi connectivity index (χ4n) is 4.60. The van der Waals surface area contributed by atoms with Crippen molar-refractivity contribution in [1.29, 1.82) is 0 Å². The molecule has 1 amide bonds. The van der Waals surface area contributed by atoms with Gasteiger partial charge in [-0.2, -0.15) is 0 Å². The Morgan fingerprint density at radius 1 is 0.964 bits per heavy atom. The molecule has 4 nitrogen and oxygen atoms in total. The van der Waals surface area contributed by atoms with Crippen molar-refractivity contribution in [2.75, 3.05) is 33.2 Å². The lowest BCUT2D eigenvalue weighted by Gasteiger charge is -2.59. The molecule has 0 bridgehead atoms. The van der Waals surface area contributed by atoms with Crippen molar-refractivity contribution in [2.45, 2.75) is 6.92 Å². The zero-order chi connectivity index (χ0) is 19.3. The molecule has 4 heteroatoms. The van der Waals surface area contributed by atoms with Crippen molar-refractivity contribution in [2.24, 2.45) is 5.41 Å². The molecule has 5 rings (SSSR count). The van der Waals surface area contributed by atoms with Gasteiger partial charge in [0.25, 0.3) is 5.91 Å². The standard InChI is InChI=1S/C24H24N2O2/c1-17-6-9-20(10-7-17)28-22-5-3-4-18-12-19(8-11-21(18)22)23(27)26-15-24(16-26)13-25(2)14-24/h3-12H,13-16H2,1-2H3. The van der Waals surface area contributed by atoms with Crippen molar-refractivity contribution in [1.82, 2.24) is 9.80 Å². The minimum absolute atomic E-state index is 0.131. The Labute approximate surface area is 165 Å². The molecule has 0 atom stereocenters. The molecule has 3 aromatic carbocycles. The summed E-state index contributed by atoms with van der Waals surface area (Å²) in [6, 6.07) is 19.9. The number of fused-ring (bicyclic) bond motifs is 1. The molecule has 0 aliphatic carbocycles. The molecular formula is C24H24N2O2. The van der Waals surface area contributed by atoms with Crippen molar-refractivity contribution in [3.05, 3.63) is 71.8 Å². The Morgan fingerprint density at radius 2 is 1.71 bits per heavy atom. The van der Waals surface area contributed by atoms with Crippen LogP contribution in [0.1, 0.15) is 15.9 Å². The lowest BCUT2D eigenvalue weighted by atomic mass is 9.73. The van der Waals surface area contributed by atoms with Crippen LogP contribution in [0.5, 0.6) is 11.5 Å². The largest absolute Gasteiger partial charge is 0.457 e. The number of ether oxygens (including phenoxy) is 1.